The lowest BCUT2D eigenvalue weighted by atomic mass is 10.1. The van der Waals surface area contributed by atoms with Crippen LogP contribution < -0.4 is 9.47 Å². The zero-order valence-electron chi connectivity index (χ0n) is 19.6. The molecule has 0 spiro atoms. The maximum atomic E-state index is 6.06. The SMILES string of the molecule is CCCCCCCCOc1ccc2sc3ccc(OCCCCCCCC)cc3c2c1. The van der Waals surface area contributed by atoms with Crippen molar-refractivity contribution in [3.8, 4) is 11.5 Å². The fourth-order valence-electron chi connectivity index (χ4n) is 4.06. The molecule has 3 aromatic rings. The topological polar surface area (TPSA) is 18.5 Å². The quantitative estimate of drug-likeness (QED) is 0.206. The predicted molar refractivity (Wildman–Crippen MR) is 137 cm³/mol. The van der Waals surface area contributed by atoms with E-state index < -0.39 is 0 Å². The number of ether oxygens (including phenoxy) is 2. The average Bonchev–Trinajstić information content (AvgIpc) is 3.15. The van der Waals surface area contributed by atoms with Crippen LogP contribution >= 0.6 is 11.3 Å². The van der Waals surface area contributed by atoms with E-state index in [9.17, 15) is 0 Å². The smallest absolute Gasteiger partial charge is 0.120 e. The molecule has 1 heterocycles. The Morgan fingerprint density at radius 1 is 0.548 bits per heavy atom. The molecule has 2 aromatic carbocycles. The van der Waals surface area contributed by atoms with Gasteiger partial charge in [-0.1, -0.05) is 78.1 Å². The predicted octanol–water partition coefficient (Wildman–Crippen LogP) is 9.53. The third-order valence-electron chi connectivity index (χ3n) is 5.95. The Morgan fingerprint density at radius 2 is 0.968 bits per heavy atom. The van der Waals surface area contributed by atoms with Crippen molar-refractivity contribution >= 4 is 31.5 Å². The van der Waals surface area contributed by atoms with Gasteiger partial charge in [0.15, 0.2) is 0 Å². The van der Waals surface area contributed by atoms with Gasteiger partial charge >= 0.3 is 0 Å². The van der Waals surface area contributed by atoms with Crippen LogP contribution in [0.3, 0.4) is 0 Å². The molecule has 170 valence electrons. The van der Waals surface area contributed by atoms with E-state index in [-0.39, 0.29) is 0 Å². The number of thiophene rings is 1. The molecule has 1 aromatic heterocycles. The molecule has 0 amide bonds. The molecule has 3 rings (SSSR count). The zero-order valence-corrected chi connectivity index (χ0v) is 20.4. The van der Waals surface area contributed by atoms with E-state index in [4.69, 9.17) is 9.47 Å². The number of rotatable bonds is 16. The molecule has 0 bridgehead atoms. The summed E-state index contributed by atoms with van der Waals surface area (Å²) in [7, 11) is 0. The van der Waals surface area contributed by atoms with Crippen LogP contribution in [0.4, 0.5) is 0 Å². The molecule has 0 fully saturated rings. The minimum absolute atomic E-state index is 0.812. The van der Waals surface area contributed by atoms with Gasteiger partial charge in [-0.3, -0.25) is 0 Å². The van der Waals surface area contributed by atoms with E-state index in [1.165, 1.54) is 84.4 Å². The lowest BCUT2D eigenvalue weighted by Crippen LogP contribution is -1.97. The maximum Gasteiger partial charge on any atom is 0.120 e. The van der Waals surface area contributed by atoms with Gasteiger partial charge in [-0.15, -0.1) is 11.3 Å². The van der Waals surface area contributed by atoms with Gasteiger partial charge in [-0.25, -0.2) is 0 Å². The number of unbranched alkanes of at least 4 members (excludes halogenated alkanes) is 10. The Balaban J connectivity index is 1.53. The first-order valence-electron chi connectivity index (χ1n) is 12.5. The van der Waals surface area contributed by atoms with Gasteiger partial charge in [0.25, 0.3) is 0 Å². The van der Waals surface area contributed by atoms with Crippen LogP contribution in [0.25, 0.3) is 20.2 Å². The second-order valence-electron chi connectivity index (χ2n) is 8.65. The van der Waals surface area contributed by atoms with Crippen molar-refractivity contribution in [2.24, 2.45) is 0 Å². The molecule has 0 radical (unpaired) electrons. The molecule has 0 saturated heterocycles. The summed E-state index contributed by atoms with van der Waals surface area (Å²) in [6.45, 7) is 6.15. The van der Waals surface area contributed by atoms with Crippen LogP contribution in [0.15, 0.2) is 36.4 Å². The fourth-order valence-corrected chi connectivity index (χ4v) is 5.13. The van der Waals surface area contributed by atoms with Gasteiger partial charge in [-0.2, -0.15) is 0 Å². The minimum Gasteiger partial charge on any atom is -0.494 e. The molecule has 0 unspecified atom stereocenters. The first-order valence-corrected chi connectivity index (χ1v) is 13.4. The summed E-state index contributed by atoms with van der Waals surface area (Å²) in [6.07, 6.45) is 15.5. The van der Waals surface area contributed by atoms with Crippen LogP contribution in [0.1, 0.15) is 90.9 Å². The highest BCUT2D eigenvalue weighted by molar-refractivity contribution is 7.25. The van der Waals surface area contributed by atoms with E-state index in [0.717, 1.165) is 37.6 Å². The Labute approximate surface area is 193 Å². The Hall–Kier alpha value is -1.74. The second kappa shape index (κ2) is 13.6. The monoisotopic (exact) mass is 440 g/mol. The van der Waals surface area contributed by atoms with Crippen molar-refractivity contribution in [2.45, 2.75) is 90.9 Å². The molecule has 0 atom stereocenters. The van der Waals surface area contributed by atoms with Crippen LogP contribution in [0, 0.1) is 0 Å². The molecule has 0 aliphatic rings. The van der Waals surface area contributed by atoms with Crippen LogP contribution in [0.5, 0.6) is 11.5 Å². The van der Waals surface area contributed by atoms with E-state index >= 15 is 0 Å². The van der Waals surface area contributed by atoms with E-state index in [1.54, 1.807) is 0 Å². The van der Waals surface area contributed by atoms with Crippen molar-refractivity contribution in [3.05, 3.63) is 36.4 Å². The third kappa shape index (κ3) is 7.71. The van der Waals surface area contributed by atoms with Crippen LogP contribution in [-0.4, -0.2) is 13.2 Å². The zero-order chi connectivity index (χ0) is 21.7. The van der Waals surface area contributed by atoms with Gasteiger partial charge in [0.05, 0.1) is 13.2 Å². The number of fused-ring (bicyclic) bond motifs is 3. The van der Waals surface area contributed by atoms with Gasteiger partial charge in [-0.05, 0) is 49.2 Å². The highest BCUT2D eigenvalue weighted by Gasteiger charge is 2.08. The molecule has 31 heavy (non-hydrogen) atoms. The van der Waals surface area contributed by atoms with Crippen molar-refractivity contribution < 1.29 is 9.47 Å². The third-order valence-corrected chi connectivity index (χ3v) is 7.10. The molecule has 3 heteroatoms. The standard InChI is InChI=1S/C28H40O2S/c1-3-5-7-9-11-13-19-29-23-15-17-27-25(21-23)26-22-24(16-18-28(26)31-27)30-20-14-12-10-8-6-4-2/h15-18,21-22H,3-14,19-20H2,1-2H3. The lowest BCUT2D eigenvalue weighted by Gasteiger charge is -2.07. The lowest BCUT2D eigenvalue weighted by molar-refractivity contribution is 0.304. The summed E-state index contributed by atoms with van der Waals surface area (Å²) in [4.78, 5) is 0. The summed E-state index contributed by atoms with van der Waals surface area (Å²) in [6, 6.07) is 13.1. The van der Waals surface area contributed by atoms with Gasteiger partial charge < -0.3 is 9.47 Å². The highest BCUT2D eigenvalue weighted by Crippen LogP contribution is 2.37. The number of benzene rings is 2. The second-order valence-corrected chi connectivity index (χ2v) is 9.73. The van der Waals surface area contributed by atoms with Gasteiger partial charge in [0.2, 0.25) is 0 Å². The fraction of sp³-hybridized carbons (Fsp3) is 0.571. The van der Waals surface area contributed by atoms with E-state index in [1.807, 2.05) is 11.3 Å². The minimum atomic E-state index is 0.812. The Morgan fingerprint density at radius 3 is 1.42 bits per heavy atom. The average molecular weight is 441 g/mol. The normalized spacial score (nSPS) is 11.4. The summed E-state index contributed by atoms with van der Waals surface area (Å²) >= 11 is 1.85. The molecule has 0 saturated carbocycles. The molecular weight excluding hydrogens is 400 g/mol. The number of hydrogen-bond acceptors (Lipinski definition) is 3. The first-order chi connectivity index (χ1) is 15.3. The van der Waals surface area contributed by atoms with E-state index in [0.29, 0.717) is 0 Å². The van der Waals surface area contributed by atoms with Crippen LogP contribution in [-0.2, 0) is 0 Å². The Bertz CT molecular complexity index is 826. The first kappa shape index (κ1) is 23.9. The van der Waals surface area contributed by atoms with Gasteiger partial charge in [0, 0.05) is 20.2 Å². The summed E-state index contributed by atoms with van der Waals surface area (Å²) in [5, 5.41) is 2.57. The molecule has 0 N–H and O–H groups in total. The maximum absolute atomic E-state index is 6.06. The largest absolute Gasteiger partial charge is 0.494 e. The van der Waals surface area contributed by atoms with Crippen molar-refractivity contribution in [3.63, 3.8) is 0 Å². The van der Waals surface area contributed by atoms with Crippen molar-refractivity contribution in [1.29, 1.82) is 0 Å². The molecule has 0 aliphatic carbocycles. The van der Waals surface area contributed by atoms with Crippen molar-refractivity contribution in [1.82, 2.24) is 0 Å². The molecule has 2 nitrogen and oxygen atoms in total. The Kier molecular flexibility index (Phi) is 10.5. The summed E-state index contributed by atoms with van der Waals surface area (Å²) in [5.74, 6) is 1.97. The highest BCUT2D eigenvalue weighted by atomic mass is 32.1. The summed E-state index contributed by atoms with van der Waals surface area (Å²) < 4.78 is 14.8. The molecular formula is C28H40O2S. The number of hydrogen-bond donors (Lipinski definition) is 0. The van der Waals surface area contributed by atoms with Crippen molar-refractivity contribution in [2.75, 3.05) is 13.2 Å². The summed E-state index contributed by atoms with van der Waals surface area (Å²) in [5.41, 5.74) is 0. The van der Waals surface area contributed by atoms with Gasteiger partial charge in [0.1, 0.15) is 11.5 Å². The van der Waals surface area contributed by atoms with E-state index in [2.05, 4.69) is 50.2 Å². The molecule has 0 aliphatic heterocycles. The van der Waals surface area contributed by atoms with Crippen LogP contribution in [0.2, 0.25) is 0 Å².